The van der Waals surface area contributed by atoms with Gasteiger partial charge in [-0.15, -0.1) is 0 Å². The molecule has 2 aromatic carbocycles. The van der Waals surface area contributed by atoms with Gasteiger partial charge in [-0.3, -0.25) is 13.9 Å². The number of nitrogens with one attached hydrogen (secondary N) is 2. The first-order valence-corrected chi connectivity index (χ1v) is 11.6. The molecule has 0 bridgehead atoms. The number of sulfonamides is 1. The Bertz CT molecular complexity index is 1030. The molecule has 0 fully saturated rings. The highest BCUT2D eigenvalue weighted by molar-refractivity contribution is 7.92. The van der Waals surface area contributed by atoms with Crippen molar-refractivity contribution < 1.29 is 18.0 Å². The van der Waals surface area contributed by atoms with Crippen LogP contribution in [0.1, 0.15) is 35.3 Å². The molecule has 0 saturated heterocycles. The molecule has 0 radical (unpaired) electrons. The zero-order chi connectivity index (χ0) is 22.5. The highest BCUT2D eigenvalue weighted by Gasteiger charge is 2.22. The Kier molecular flexibility index (Phi) is 7.61. The average molecular weight is 432 g/mol. The molecule has 0 aliphatic rings. The van der Waals surface area contributed by atoms with Crippen LogP contribution in [0.2, 0.25) is 0 Å². The minimum absolute atomic E-state index is 0.289. The first-order chi connectivity index (χ1) is 14.0. The number of carbonyl (C=O) groups excluding carboxylic acids is 2. The summed E-state index contributed by atoms with van der Waals surface area (Å²) in [6.07, 6.45) is 1.06. The summed E-state index contributed by atoms with van der Waals surface area (Å²) in [4.78, 5) is 25.1. The fourth-order valence-corrected chi connectivity index (χ4v) is 3.63. The van der Waals surface area contributed by atoms with E-state index in [1.807, 2.05) is 33.8 Å². The summed E-state index contributed by atoms with van der Waals surface area (Å²) in [5.74, 6) is -0.548. The van der Waals surface area contributed by atoms with E-state index in [1.54, 1.807) is 36.4 Å². The van der Waals surface area contributed by atoms with E-state index in [1.165, 1.54) is 0 Å². The van der Waals surface area contributed by atoms with Gasteiger partial charge in [0.25, 0.3) is 5.91 Å². The molecule has 2 rings (SSSR count). The van der Waals surface area contributed by atoms with Crippen LogP contribution in [0, 0.1) is 19.8 Å². The van der Waals surface area contributed by atoms with Gasteiger partial charge in [-0.1, -0.05) is 32.0 Å². The van der Waals surface area contributed by atoms with E-state index in [2.05, 4.69) is 10.6 Å². The van der Waals surface area contributed by atoms with Crippen molar-refractivity contribution in [2.75, 3.05) is 29.0 Å². The molecule has 0 spiro atoms. The maximum absolute atomic E-state index is 12.7. The Balaban J connectivity index is 2.22. The maximum Gasteiger partial charge on any atom is 0.253 e. The van der Waals surface area contributed by atoms with Crippen molar-refractivity contribution in [1.82, 2.24) is 5.32 Å². The highest BCUT2D eigenvalue weighted by Crippen LogP contribution is 2.22. The Hall–Kier alpha value is -2.87. The van der Waals surface area contributed by atoms with Gasteiger partial charge in [0.2, 0.25) is 15.9 Å². The van der Waals surface area contributed by atoms with Crippen LogP contribution >= 0.6 is 0 Å². The number of amides is 2. The molecule has 2 amide bonds. The summed E-state index contributed by atoms with van der Waals surface area (Å²) in [5, 5.41) is 5.49. The van der Waals surface area contributed by atoms with Crippen LogP contribution in [0.15, 0.2) is 42.5 Å². The first-order valence-electron chi connectivity index (χ1n) is 9.71. The lowest BCUT2D eigenvalue weighted by Crippen LogP contribution is -2.38. The molecular weight excluding hydrogens is 402 g/mol. The third kappa shape index (κ3) is 6.32. The SMILES string of the molecule is Cc1ccc(N(CC(=O)Nc2ccccc2C(=O)NCC(C)C)S(C)(=O)=O)cc1C. The molecule has 0 atom stereocenters. The third-order valence-electron chi connectivity index (χ3n) is 4.58. The van der Waals surface area contributed by atoms with Crippen molar-refractivity contribution in [2.45, 2.75) is 27.7 Å². The van der Waals surface area contributed by atoms with E-state index in [0.29, 0.717) is 23.5 Å². The normalized spacial score (nSPS) is 11.3. The molecule has 0 saturated carbocycles. The van der Waals surface area contributed by atoms with E-state index in [9.17, 15) is 18.0 Å². The summed E-state index contributed by atoms with van der Waals surface area (Å²) < 4.78 is 25.7. The van der Waals surface area contributed by atoms with Gasteiger partial charge in [0.05, 0.1) is 23.2 Å². The highest BCUT2D eigenvalue weighted by atomic mass is 32.2. The van der Waals surface area contributed by atoms with E-state index < -0.39 is 22.5 Å². The van der Waals surface area contributed by atoms with E-state index >= 15 is 0 Å². The van der Waals surface area contributed by atoms with Gasteiger partial charge in [-0.05, 0) is 55.2 Å². The van der Waals surface area contributed by atoms with Crippen molar-refractivity contribution >= 4 is 33.2 Å². The van der Waals surface area contributed by atoms with Crippen molar-refractivity contribution in [2.24, 2.45) is 5.92 Å². The van der Waals surface area contributed by atoms with Crippen LogP contribution in [0.5, 0.6) is 0 Å². The van der Waals surface area contributed by atoms with Crippen LogP contribution in [0.4, 0.5) is 11.4 Å². The molecule has 162 valence electrons. The molecule has 0 unspecified atom stereocenters. The number of carbonyl (C=O) groups is 2. The Labute approximate surface area is 178 Å². The molecule has 0 aliphatic heterocycles. The van der Waals surface area contributed by atoms with Gasteiger partial charge in [0.1, 0.15) is 6.54 Å². The third-order valence-corrected chi connectivity index (χ3v) is 5.72. The van der Waals surface area contributed by atoms with Crippen molar-refractivity contribution in [3.8, 4) is 0 Å². The number of hydrogen-bond acceptors (Lipinski definition) is 4. The van der Waals surface area contributed by atoms with Gasteiger partial charge < -0.3 is 10.6 Å². The fourth-order valence-electron chi connectivity index (χ4n) is 2.78. The number of rotatable bonds is 8. The lowest BCUT2D eigenvalue weighted by molar-refractivity contribution is -0.114. The van der Waals surface area contributed by atoms with Gasteiger partial charge in [-0.2, -0.15) is 0 Å². The first kappa shape index (κ1) is 23.4. The molecule has 2 N–H and O–H groups in total. The monoisotopic (exact) mass is 431 g/mol. The minimum Gasteiger partial charge on any atom is -0.352 e. The number of aryl methyl sites for hydroxylation is 2. The topological polar surface area (TPSA) is 95.6 Å². The smallest absolute Gasteiger partial charge is 0.253 e. The van der Waals surface area contributed by atoms with Crippen molar-refractivity contribution in [3.63, 3.8) is 0 Å². The van der Waals surface area contributed by atoms with Crippen LogP contribution in [0.25, 0.3) is 0 Å². The number of nitrogens with zero attached hydrogens (tertiary/aromatic N) is 1. The predicted octanol–water partition coefficient (Wildman–Crippen LogP) is 3.09. The summed E-state index contributed by atoms with van der Waals surface area (Å²) >= 11 is 0. The summed E-state index contributed by atoms with van der Waals surface area (Å²) in [6, 6.07) is 11.9. The second kappa shape index (κ2) is 9.75. The zero-order valence-electron chi connectivity index (χ0n) is 18.0. The predicted molar refractivity (Wildman–Crippen MR) is 120 cm³/mol. The number of anilines is 2. The van der Waals surface area contributed by atoms with Crippen LogP contribution < -0.4 is 14.9 Å². The van der Waals surface area contributed by atoms with Gasteiger partial charge >= 0.3 is 0 Å². The lowest BCUT2D eigenvalue weighted by Gasteiger charge is -2.23. The Morgan fingerprint density at radius 1 is 1.03 bits per heavy atom. The largest absolute Gasteiger partial charge is 0.352 e. The lowest BCUT2D eigenvalue weighted by atomic mass is 10.1. The fraction of sp³-hybridized carbons (Fsp3) is 0.364. The molecular formula is C22H29N3O4S. The molecule has 0 heterocycles. The van der Waals surface area contributed by atoms with Crippen LogP contribution in [-0.2, 0) is 14.8 Å². The van der Waals surface area contributed by atoms with E-state index in [4.69, 9.17) is 0 Å². The van der Waals surface area contributed by atoms with Crippen LogP contribution in [0.3, 0.4) is 0 Å². The number of benzene rings is 2. The van der Waals surface area contributed by atoms with Gasteiger partial charge in [0, 0.05) is 6.54 Å². The second-order valence-electron chi connectivity index (χ2n) is 7.74. The standard InChI is InChI=1S/C22H29N3O4S/c1-15(2)13-23-22(27)19-8-6-7-9-20(19)24-21(26)14-25(30(5,28)29)18-11-10-16(3)17(4)12-18/h6-12,15H,13-14H2,1-5H3,(H,23,27)(H,24,26). The minimum atomic E-state index is -3.69. The summed E-state index contributed by atoms with van der Waals surface area (Å²) in [7, 11) is -3.69. The second-order valence-corrected chi connectivity index (χ2v) is 9.64. The van der Waals surface area contributed by atoms with Gasteiger partial charge in [-0.25, -0.2) is 8.42 Å². The number of hydrogen-bond donors (Lipinski definition) is 2. The van der Waals surface area contributed by atoms with E-state index in [0.717, 1.165) is 21.7 Å². The summed E-state index contributed by atoms with van der Waals surface area (Å²) in [5.41, 5.74) is 3.02. The summed E-state index contributed by atoms with van der Waals surface area (Å²) in [6.45, 7) is 7.89. The molecule has 2 aromatic rings. The van der Waals surface area contributed by atoms with Crippen molar-refractivity contribution in [3.05, 3.63) is 59.2 Å². The zero-order valence-corrected chi connectivity index (χ0v) is 18.8. The Morgan fingerprint density at radius 3 is 2.30 bits per heavy atom. The number of para-hydroxylation sites is 1. The molecule has 0 aromatic heterocycles. The van der Waals surface area contributed by atoms with E-state index in [-0.39, 0.29) is 11.8 Å². The molecule has 30 heavy (non-hydrogen) atoms. The molecule has 8 heteroatoms. The maximum atomic E-state index is 12.7. The molecule has 0 aliphatic carbocycles. The van der Waals surface area contributed by atoms with Crippen LogP contribution in [-0.4, -0.2) is 39.6 Å². The quantitative estimate of drug-likeness (QED) is 0.671. The van der Waals surface area contributed by atoms with Gasteiger partial charge in [0.15, 0.2) is 0 Å². The van der Waals surface area contributed by atoms with Crippen molar-refractivity contribution in [1.29, 1.82) is 0 Å². The molecule has 7 nitrogen and oxygen atoms in total. The Morgan fingerprint density at radius 2 is 1.70 bits per heavy atom. The average Bonchev–Trinajstić information content (AvgIpc) is 2.66.